The molecule has 0 spiro atoms. The predicted octanol–water partition coefficient (Wildman–Crippen LogP) is 5.13. The van der Waals surface area contributed by atoms with Gasteiger partial charge in [0.15, 0.2) is 6.10 Å². The van der Waals surface area contributed by atoms with Gasteiger partial charge in [-0.2, -0.15) is 5.10 Å². The highest BCUT2D eigenvalue weighted by Crippen LogP contribution is 2.33. The molecule has 4 aromatic rings. The first-order valence-corrected chi connectivity index (χ1v) is 13.1. The van der Waals surface area contributed by atoms with Gasteiger partial charge in [0.05, 0.1) is 29.4 Å². The summed E-state index contributed by atoms with van der Waals surface area (Å²) in [5.74, 6) is 1.69. The number of benzene rings is 2. The molecule has 3 heterocycles. The van der Waals surface area contributed by atoms with Crippen LogP contribution in [0.5, 0.6) is 17.2 Å². The maximum absolute atomic E-state index is 12.6. The van der Waals surface area contributed by atoms with E-state index in [-0.39, 0.29) is 23.8 Å². The highest BCUT2D eigenvalue weighted by Gasteiger charge is 2.24. The van der Waals surface area contributed by atoms with E-state index < -0.39 is 6.10 Å². The fourth-order valence-corrected chi connectivity index (χ4v) is 4.48. The van der Waals surface area contributed by atoms with Crippen LogP contribution in [-0.2, 0) is 21.5 Å². The molecule has 2 aromatic carbocycles. The van der Waals surface area contributed by atoms with Crippen molar-refractivity contribution in [2.75, 3.05) is 11.9 Å². The second kappa shape index (κ2) is 10.8. The van der Waals surface area contributed by atoms with Crippen LogP contribution in [0.25, 0.3) is 10.9 Å². The van der Waals surface area contributed by atoms with Gasteiger partial charge in [-0.15, -0.1) is 0 Å². The number of amides is 2. The predicted molar refractivity (Wildman–Crippen MR) is 149 cm³/mol. The summed E-state index contributed by atoms with van der Waals surface area (Å²) in [6, 6.07) is 13.0. The molecule has 1 saturated heterocycles. The molecule has 0 saturated carbocycles. The minimum Gasteiger partial charge on any atom is -0.481 e. The van der Waals surface area contributed by atoms with E-state index >= 15 is 0 Å². The van der Waals surface area contributed by atoms with E-state index in [0.29, 0.717) is 35.9 Å². The van der Waals surface area contributed by atoms with Crippen molar-refractivity contribution in [1.82, 2.24) is 20.1 Å². The van der Waals surface area contributed by atoms with Gasteiger partial charge in [-0.3, -0.25) is 19.3 Å². The molecule has 9 nitrogen and oxygen atoms in total. The summed E-state index contributed by atoms with van der Waals surface area (Å²) in [6.45, 7) is 8.79. The molecule has 1 fully saturated rings. The second-order valence-corrected chi connectivity index (χ2v) is 10.8. The van der Waals surface area contributed by atoms with E-state index in [9.17, 15) is 9.59 Å². The third-order valence-electron chi connectivity index (χ3n) is 6.56. The van der Waals surface area contributed by atoms with Gasteiger partial charge < -0.3 is 20.1 Å². The Labute approximate surface area is 227 Å². The first-order chi connectivity index (χ1) is 18.7. The zero-order valence-corrected chi connectivity index (χ0v) is 22.7. The van der Waals surface area contributed by atoms with Gasteiger partial charge in [0.2, 0.25) is 5.91 Å². The number of fused-ring (bicyclic) bond motifs is 1. The van der Waals surface area contributed by atoms with Crippen LogP contribution in [0.15, 0.2) is 61.1 Å². The van der Waals surface area contributed by atoms with Gasteiger partial charge in [-0.1, -0.05) is 12.1 Å². The van der Waals surface area contributed by atoms with Gasteiger partial charge in [0.1, 0.15) is 17.2 Å². The Kier molecular flexibility index (Phi) is 7.24. The molecule has 0 aliphatic carbocycles. The molecule has 1 aliphatic heterocycles. The van der Waals surface area contributed by atoms with Gasteiger partial charge in [0.25, 0.3) is 5.91 Å². The van der Waals surface area contributed by atoms with Crippen LogP contribution in [0, 0.1) is 6.92 Å². The fraction of sp³-hybridized carbons (Fsp3) is 0.333. The van der Waals surface area contributed by atoms with Crippen LogP contribution in [0.2, 0.25) is 0 Å². The van der Waals surface area contributed by atoms with Crippen molar-refractivity contribution in [2.45, 2.75) is 58.6 Å². The molecule has 2 amide bonds. The molecule has 2 aromatic heterocycles. The van der Waals surface area contributed by atoms with Crippen LogP contribution in [-0.4, -0.2) is 39.2 Å². The number of rotatable bonds is 7. The highest BCUT2D eigenvalue weighted by molar-refractivity contribution is 5.92. The Morgan fingerprint density at radius 3 is 2.74 bits per heavy atom. The average Bonchev–Trinajstić information content (AvgIpc) is 3.36. The molecule has 9 heteroatoms. The smallest absolute Gasteiger partial charge is 0.261 e. The van der Waals surface area contributed by atoms with Crippen LogP contribution in [0.3, 0.4) is 0 Å². The molecule has 1 aliphatic rings. The molecule has 1 unspecified atom stereocenters. The number of aromatic nitrogens is 3. The Morgan fingerprint density at radius 1 is 1.15 bits per heavy atom. The average molecular weight is 528 g/mol. The molecule has 0 bridgehead atoms. The largest absolute Gasteiger partial charge is 0.481 e. The van der Waals surface area contributed by atoms with Crippen LogP contribution < -0.4 is 20.1 Å². The molecule has 1 atom stereocenters. The Morgan fingerprint density at radius 2 is 2.00 bits per heavy atom. The zero-order chi connectivity index (χ0) is 27.6. The number of nitrogens with one attached hydrogen (secondary N) is 2. The van der Waals surface area contributed by atoms with Crippen molar-refractivity contribution < 1.29 is 19.1 Å². The van der Waals surface area contributed by atoms with Crippen molar-refractivity contribution >= 4 is 28.4 Å². The van der Waals surface area contributed by atoms with E-state index in [0.717, 1.165) is 28.5 Å². The Hall–Kier alpha value is -4.40. The third kappa shape index (κ3) is 6.19. The summed E-state index contributed by atoms with van der Waals surface area (Å²) in [4.78, 5) is 29.2. The van der Waals surface area contributed by atoms with E-state index in [1.165, 1.54) is 0 Å². The summed E-state index contributed by atoms with van der Waals surface area (Å²) in [5.41, 5.74) is 3.05. The first kappa shape index (κ1) is 26.2. The lowest BCUT2D eigenvalue weighted by Crippen LogP contribution is -2.43. The maximum atomic E-state index is 12.6. The summed E-state index contributed by atoms with van der Waals surface area (Å²) in [6.07, 6.45) is 6.49. The quantitative estimate of drug-likeness (QED) is 0.345. The molecular formula is C30H33N5O4. The van der Waals surface area contributed by atoms with Crippen molar-refractivity contribution in [1.29, 1.82) is 0 Å². The van der Waals surface area contributed by atoms with E-state index in [2.05, 4.69) is 41.5 Å². The number of carbonyl (C=O) groups excluding carboxylic acids is 2. The number of piperidine rings is 1. The summed E-state index contributed by atoms with van der Waals surface area (Å²) < 4.78 is 14.1. The molecule has 2 N–H and O–H groups in total. The fourth-order valence-electron chi connectivity index (χ4n) is 4.48. The van der Waals surface area contributed by atoms with Gasteiger partial charge in [0, 0.05) is 24.3 Å². The molecule has 0 radical (unpaired) electrons. The van der Waals surface area contributed by atoms with Crippen LogP contribution in [0.1, 0.15) is 44.7 Å². The summed E-state index contributed by atoms with van der Waals surface area (Å²) in [7, 11) is 0. The number of aryl methyl sites for hydroxylation is 1. The second-order valence-electron chi connectivity index (χ2n) is 10.8. The lowest BCUT2D eigenvalue weighted by Gasteiger charge is -2.23. The van der Waals surface area contributed by atoms with E-state index in [1.807, 2.05) is 54.2 Å². The zero-order valence-electron chi connectivity index (χ0n) is 22.7. The standard InChI is InChI=1S/C30H33N5O4/c1-19-14-20(15-28(36)34-21-17-33-35(18-21)30(2,3)4)7-10-25(19)39-26-11-13-31-24-9-8-22(16-23(24)26)38-27-6-5-12-32-29(27)37/h7-11,13-14,16-18,27H,5-6,12,15H2,1-4H3,(H,32,37)(H,34,36). The van der Waals surface area contributed by atoms with Crippen molar-refractivity contribution in [3.05, 3.63) is 72.2 Å². The third-order valence-corrected chi connectivity index (χ3v) is 6.56. The van der Waals surface area contributed by atoms with Gasteiger partial charge >= 0.3 is 0 Å². The monoisotopic (exact) mass is 527 g/mol. The van der Waals surface area contributed by atoms with Gasteiger partial charge in [-0.25, -0.2) is 0 Å². The SMILES string of the molecule is Cc1cc(CC(=O)Nc2cnn(C(C)(C)C)c2)ccc1Oc1ccnc2ccc(OC3CCCNC3=O)cc12. The lowest BCUT2D eigenvalue weighted by molar-refractivity contribution is -0.129. The normalized spacial score (nSPS) is 15.6. The highest BCUT2D eigenvalue weighted by atomic mass is 16.5. The number of hydrogen-bond acceptors (Lipinski definition) is 6. The van der Waals surface area contributed by atoms with Gasteiger partial charge in [-0.05, 0) is 82.0 Å². The minimum atomic E-state index is -0.501. The Bertz CT molecular complexity index is 1520. The van der Waals surface area contributed by atoms with Crippen LogP contribution >= 0.6 is 0 Å². The minimum absolute atomic E-state index is 0.0895. The lowest BCUT2D eigenvalue weighted by atomic mass is 10.1. The van der Waals surface area contributed by atoms with E-state index in [4.69, 9.17) is 9.47 Å². The van der Waals surface area contributed by atoms with Crippen molar-refractivity contribution in [3.63, 3.8) is 0 Å². The summed E-state index contributed by atoms with van der Waals surface area (Å²) in [5, 5.41) is 10.9. The first-order valence-electron chi connectivity index (χ1n) is 13.1. The number of pyridine rings is 1. The van der Waals surface area contributed by atoms with Crippen molar-refractivity contribution in [2.24, 2.45) is 0 Å². The molecule has 39 heavy (non-hydrogen) atoms. The molecule has 202 valence electrons. The molecule has 5 rings (SSSR count). The topological polar surface area (TPSA) is 107 Å². The van der Waals surface area contributed by atoms with Crippen molar-refractivity contribution in [3.8, 4) is 17.2 Å². The van der Waals surface area contributed by atoms with Crippen LogP contribution in [0.4, 0.5) is 5.69 Å². The number of hydrogen-bond donors (Lipinski definition) is 2. The summed E-state index contributed by atoms with van der Waals surface area (Å²) >= 11 is 0. The number of carbonyl (C=O) groups is 2. The number of anilines is 1. The number of nitrogens with zero attached hydrogens (tertiary/aromatic N) is 3. The molecular weight excluding hydrogens is 494 g/mol. The van der Waals surface area contributed by atoms with E-state index in [1.54, 1.807) is 18.5 Å². The Balaban J connectivity index is 1.28. The number of ether oxygens (including phenoxy) is 2. The maximum Gasteiger partial charge on any atom is 0.261 e.